The standard InChI is InChI=1S/C28H28ClNO3/c1-18(27(32)33-28(2,3)4)21-9-13-24(14-10-21)30-17-22-8-5-20(16-25(22)26(30)31)15-19-6-11-23(29)12-7-19/h5-14,16,18H,15,17H2,1-4H3. The third-order valence-corrected chi connectivity index (χ3v) is 6.02. The van der Waals surface area contributed by atoms with E-state index in [9.17, 15) is 9.59 Å². The van der Waals surface area contributed by atoms with Crippen molar-refractivity contribution in [3.8, 4) is 0 Å². The molecule has 0 aromatic heterocycles. The zero-order valence-corrected chi connectivity index (χ0v) is 20.1. The van der Waals surface area contributed by atoms with Gasteiger partial charge in [-0.2, -0.15) is 0 Å². The van der Waals surface area contributed by atoms with Crippen LogP contribution in [0.1, 0.15) is 66.2 Å². The van der Waals surface area contributed by atoms with Crippen molar-refractivity contribution < 1.29 is 14.3 Å². The number of carbonyl (C=O) groups excluding carboxylic acids is 2. The summed E-state index contributed by atoms with van der Waals surface area (Å²) in [7, 11) is 0. The Morgan fingerprint density at radius 2 is 1.64 bits per heavy atom. The minimum Gasteiger partial charge on any atom is -0.460 e. The van der Waals surface area contributed by atoms with Crippen molar-refractivity contribution in [2.24, 2.45) is 0 Å². The minimum absolute atomic E-state index is 0.00380. The number of hydrogen-bond donors (Lipinski definition) is 0. The van der Waals surface area contributed by atoms with Crippen LogP contribution in [0.15, 0.2) is 66.7 Å². The number of hydrogen-bond acceptors (Lipinski definition) is 3. The summed E-state index contributed by atoms with van der Waals surface area (Å²) in [4.78, 5) is 27.3. The number of nitrogens with zero attached hydrogens (tertiary/aromatic N) is 1. The molecular weight excluding hydrogens is 434 g/mol. The largest absolute Gasteiger partial charge is 0.460 e. The second-order valence-electron chi connectivity index (χ2n) is 9.53. The van der Waals surface area contributed by atoms with Gasteiger partial charge in [-0.1, -0.05) is 48.0 Å². The van der Waals surface area contributed by atoms with Gasteiger partial charge in [0.25, 0.3) is 5.91 Å². The van der Waals surface area contributed by atoms with Crippen LogP contribution in [0.25, 0.3) is 0 Å². The van der Waals surface area contributed by atoms with Crippen molar-refractivity contribution in [3.05, 3.63) is 99.6 Å². The summed E-state index contributed by atoms with van der Waals surface area (Å²) in [5.41, 5.74) is 5.16. The fourth-order valence-corrected chi connectivity index (χ4v) is 4.10. The first kappa shape index (κ1) is 23.1. The van der Waals surface area contributed by atoms with Gasteiger partial charge in [0.15, 0.2) is 0 Å². The van der Waals surface area contributed by atoms with Crippen molar-refractivity contribution in [2.45, 2.75) is 52.2 Å². The predicted octanol–water partition coefficient (Wildman–Crippen LogP) is 6.54. The Labute approximate surface area is 200 Å². The molecule has 33 heavy (non-hydrogen) atoms. The van der Waals surface area contributed by atoms with Gasteiger partial charge in [-0.15, -0.1) is 0 Å². The average Bonchev–Trinajstić information content (AvgIpc) is 3.10. The van der Waals surface area contributed by atoms with Gasteiger partial charge in [0.1, 0.15) is 5.60 Å². The summed E-state index contributed by atoms with van der Waals surface area (Å²) >= 11 is 5.98. The van der Waals surface area contributed by atoms with E-state index in [0.29, 0.717) is 11.6 Å². The highest BCUT2D eigenvalue weighted by molar-refractivity contribution is 6.30. The van der Waals surface area contributed by atoms with Crippen LogP contribution >= 0.6 is 11.6 Å². The van der Waals surface area contributed by atoms with E-state index < -0.39 is 5.60 Å². The highest BCUT2D eigenvalue weighted by atomic mass is 35.5. The molecular formula is C28H28ClNO3. The maximum absolute atomic E-state index is 13.2. The number of amides is 1. The molecule has 4 rings (SSSR count). The van der Waals surface area contributed by atoms with Gasteiger partial charge in [0, 0.05) is 16.3 Å². The maximum atomic E-state index is 13.2. The number of ether oxygens (including phenoxy) is 1. The minimum atomic E-state index is -0.522. The third kappa shape index (κ3) is 5.28. The lowest BCUT2D eigenvalue weighted by atomic mass is 10.0. The number of fused-ring (bicyclic) bond motifs is 1. The zero-order chi connectivity index (χ0) is 23.8. The Balaban J connectivity index is 1.48. The Kier molecular flexibility index (Phi) is 6.31. The molecule has 0 spiro atoms. The molecule has 4 nitrogen and oxygen atoms in total. The van der Waals surface area contributed by atoms with Gasteiger partial charge in [-0.3, -0.25) is 9.59 Å². The smallest absolute Gasteiger partial charge is 0.313 e. The zero-order valence-electron chi connectivity index (χ0n) is 19.4. The summed E-state index contributed by atoms with van der Waals surface area (Å²) in [5.74, 6) is -0.635. The van der Waals surface area contributed by atoms with Crippen LogP contribution in [0.4, 0.5) is 5.69 Å². The van der Waals surface area contributed by atoms with Crippen LogP contribution in [0.5, 0.6) is 0 Å². The predicted molar refractivity (Wildman–Crippen MR) is 132 cm³/mol. The van der Waals surface area contributed by atoms with E-state index in [1.165, 1.54) is 0 Å². The molecule has 1 aliphatic heterocycles. The Morgan fingerprint density at radius 1 is 1.00 bits per heavy atom. The molecule has 0 saturated carbocycles. The molecule has 0 N–H and O–H groups in total. The van der Waals surface area contributed by atoms with Gasteiger partial charge < -0.3 is 9.64 Å². The SMILES string of the molecule is CC(C(=O)OC(C)(C)C)c1ccc(N2Cc3ccc(Cc4ccc(Cl)cc4)cc3C2=O)cc1. The van der Waals surface area contributed by atoms with E-state index in [1.807, 2.05) is 88.4 Å². The molecule has 5 heteroatoms. The Hall–Kier alpha value is -3.11. The topological polar surface area (TPSA) is 46.6 Å². The first-order valence-electron chi connectivity index (χ1n) is 11.1. The lowest BCUT2D eigenvalue weighted by Crippen LogP contribution is -2.27. The summed E-state index contributed by atoms with van der Waals surface area (Å²) in [6.07, 6.45) is 0.745. The molecule has 0 radical (unpaired) electrons. The number of halogens is 1. The average molecular weight is 462 g/mol. The molecule has 0 aliphatic carbocycles. The highest BCUT2D eigenvalue weighted by Crippen LogP contribution is 2.31. The number of esters is 1. The second-order valence-corrected chi connectivity index (χ2v) is 9.97. The third-order valence-electron chi connectivity index (χ3n) is 5.76. The van der Waals surface area contributed by atoms with Crippen molar-refractivity contribution >= 4 is 29.2 Å². The summed E-state index contributed by atoms with van der Waals surface area (Å²) in [6, 6.07) is 21.5. The molecule has 0 bridgehead atoms. The molecule has 1 aliphatic rings. The van der Waals surface area contributed by atoms with E-state index >= 15 is 0 Å². The van der Waals surface area contributed by atoms with E-state index in [1.54, 1.807) is 4.90 Å². The van der Waals surface area contributed by atoms with E-state index in [2.05, 4.69) is 6.07 Å². The fraction of sp³-hybridized carbons (Fsp3) is 0.286. The number of carbonyl (C=O) groups is 2. The van der Waals surface area contributed by atoms with Crippen molar-refractivity contribution in [1.82, 2.24) is 0 Å². The van der Waals surface area contributed by atoms with Gasteiger partial charge in [-0.05, 0) is 86.7 Å². The summed E-state index contributed by atoms with van der Waals surface area (Å²) in [6.45, 7) is 7.95. The number of anilines is 1. The summed E-state index contributed by atoms with van der Waals surface area (Å²) in [5, 5.41) is 0.713. The summed E-state index contributed by atoms with van der Waals surface area (Å²) < 4.78 is 5.49. The first-order valence-corrected chi connectivity index (χ1v) is 11.5. The van der Waals surface area contributed by atoms with E-state index in [-0.39, 0.29) is 17.8 Å². The highest BCUT2D eigenvalue weighted by Gasteiger charge is 2.29. The lowest BCUT2D eigenvalue weighted by molar-refractivity contribution is -0.156. The molecule has 1 unspecified atom stereocenters. The van der Waals surface area contributed by atoms with Crippen LogP contribution in [0.2, 0.25) is 5.02 Å². The van der Waals surface area contributed by atoms with E-state index in [4.69, 9.17) is 16.3 Å². The monoisotopic (exact) mass is 461 g/mol. The molecule has 170 valence electrons. The maximum Gasteiger partial charge on any atom is 0.313 e. The van der Waals surface area contributed by atoms with Gasteiger partial charge >= 0.3 is 5.97 Å². The second kappa shape index (κ2) is 9.03. The van der Waals surface area contributed by atoms with E-state index in [0.717, 1.165) is 39.9 Å². The quantitative estimate of drug-likeness (QED) is 0.405. The van der Waals surface area contributed by atoms with Crippen LogP contribution in [0, 0.1) is 0 Å². The van der Waals surface area contributed by atoms with Crippen LogP contribution in [0.3, 0.4) is 0 Å². The normalized spacial score (nSPS) is 14.2. The van der Waals surface area contributed by atoms with Crippen LogP contribution in [-0.2, 0) is 22.5 Å². The number of benzene rings is 3. The van der Waals surface area contributed by atoms with Gasteiger partial charge in [-0.25, -0.2) is 0 Å². The number of rotatable bonds is 5. The molecule has 1 heterocycles. The molecule has 1 atom stereocenters. The molecule has 0 saturated heterocycles. The lowest BCUT2D eigenvalue weighted by Gasteiger charge is -2.23. The van der Waals surface area contributed by atoms with Gasteiger partial charge in [0.05, 0.1) is 12.5 Å². The molecule has 1 amide bonds. The molecule has 3 aromatic carbocycles. The Morgan fingerprint density at radius 3 is 2.27 bits per heavy atom. The molecule has 0 fully saturated rings. The molecule has 3 aromatic rings. The fourth-order valence-electron chi connectivity index (χ4n) is 3.97. The van der Waals surface area contributed by atoms with Crippen LogP contribution in [-0.4, -0.2) is 17.5 Å². The first-order chi connectivity index (χ1) is 15.6. The van der Waals surface area contributed by atoms with Crippen LogP contribution < -0.4 is 4.90 Å². The van der Waals surface area contributed by atoms with Gasteiger partial charge in [0.2, 0.25) is 0 Å². The Bertz CT molecular complexity index is 1180. The van der Waals surface area contributed by atoms with Crippen molar-refractivity contribution in [3.63, 3.8) is 0 Å². The van der Waals surface area contributed by atoms with Crippen molar-refractivity contribution in [2.75, 3.05) is 4.90 Å². The van der Waals surface area contributed by atoms with Crippen molar-refractivity contribution in [1.29, 1.82) is 0 Å².